The fourth-order valence-corrected chi connectivity index (χ4v) is 0.158. The van der Waals surface area contributed by atoms with E-state index in [0.29, 0.717) is 0 Å². The molecule has 0 amide bonds. The van der Waals surface area contributed by atoms with Gasteiger partial charge in [-0.2, -0.15) is 0 Å². The Labute approximate surface area is 45.4 Å². The van der Waals surface area contributed by atoms with Crippen molar-refractivity contribution >= 4 is 0 Å². The van der Waals surface area contributed by atoms with Crippen LogP contribution in [0.1, 0.15) is 13.3 Å². The average Bonchev–Trinajstić information content (AvgIpc) is 1.69. The SMILES string of the molecule is CC[C][C][C][C][O]. The summed E-state index contributed by atoms with van der Waals surface area (Å²) in [5, 5.41) is 9.34. The van der Waals surface area contributed by atoms with Crippen LogP contribution in [0.25, 0.3) is 0 Å². The normalized spacial score (nSPS) is 9.43. The van der Waals surface area contributed by atoms with Crippen molar-refractivity contribution in [3.63, 3.8) is 0 Å². The molecule has 0 bridgehead atoms. The molecular formula is C6H5O. The lowest BCUT2D eigenvalue weighted by Crippen LogP contribution is -1.77. The van der Waals surface area contributed by atoms with Gasteiger partial charge in [-0.05, 0) is 12.8 Å². The van der Waals surface area contributed by atoms with Crippen LogP contribution in [-0.2, 0) is 5.11 Å². The summed E-state index contributed by atoms with van der Waals surface area (Å²) >= 11 is 0. The Balaban J connectivity index is 2.45. The lowest BCUT2D eigenvalue weighted by molar-refractivity contribution is 0.295. The third-order valence-electron chi connectivity index (χ3n) is 0.379. The second kappa shape index (κ2) is 5.96. The smallest absolute Gasteiger partial charge is 0.182 e. The standard InChI is InChI=1S/C6H5O/c1-2-3-4-5-6-7/h2H2,1H3. The summed E-state index contributed by atoms with van der Waals surface area (Å²) in [4.78, 5) is 0. The highest BCUT2D eigenvalue weighted by Crippen LogP contribution is 1.94. The minimum absolute atomic E-state index is 0.759. The van der Waals surface area contributed by atoms with E-state index in [4.69, 9.17) is 0 Å². The Morgan fingerprint density at radius 1 is 1.43 bits per heavy atom. The number of hydrogen-bond acceptors (Lipinski definition) is 0. The van der Waals surface area contributed by atoms with E-state index < -0.39 is 0 Å². The monoisotopic (exact) mass is 93.0 g/mol. The molecule has 0 N–H and O–H groups in total. The van der Waals surface area contributed by atoms with Crippen molar-refractivity contribution in [2.24, 2.45) is 0 Å². The van der Waals surface area contributed by atoms with Gasteiger partial charge in [0.15, 0.2) is 6.61 Å². The van der Waals surface area contributed by atoms with Crippen molar-refractivity contribution in [3.05, 3.63) is 25.9 Å². The molecule has 0 saturated heterocycles. The van der Waals surface area contributed by atoms with Crippen molar-refractivity contribution < 1.29 is 5.11 Å². The predicted molar refractivity (Wildman–Crippen MR) is 23.9 cm³/mol. The number of rotatable bonds is 4. The van der Waals surface area contributed by atoms with Crippen LogP contribution in [0.2, 0.25) is 0 Å². The summed E-state index contributed by atoms with van der Waals surface area (Å²) in [7, 11) is 0. The molecule has 35 valence electrons. The van der Waals surface area contributed by atoms with Crippen LogP contribution in [0.5, 0.6) is 0 Å². The molecule has 0 aromatic carbocycles. The Morgan fingerprint density at radius 2 is 2.14 bits per heavy atom. The predicted octanol–water partition coefficient (Wildman–Crippen LogP) is 1.11. The third-order valence-corrected chi connectivity index (χ3v) is 0.379. The van der Waals surface area contributed by atoms with Gasteiger partial charge in [-0.1, -0.05) is 6.92 Å². The maximum Gasteiger partial charge on any atom is 0.182 e. The van der Waals surface area contributed by atoms with E-state index in [1.54, 1.807) is 0 Å². The van der Waals surface area contributed by atoms with Crippen molar-refractivity contribution in [2.75, 3.05) is 0 Å². The first-order chi connectivity index (χ1) is 3.41. The van der Waals surface area contributed by atoms with Crippen LogP contribution >= 0.6 is 0 Å². The minimum Gasteiger partial charge on any atom is -0.222 e. The van der Waals surface area contributed by atoms with Gasteiger partial charge >= 0.3 is 0 Å². The number of hydrogen-bond donors (Lipinski definition) is 0. The summed E-state index contributed by atoms with van der Waals surface area (Å²) in [6, 6.07) is 0. The van der Waals surface area contributed by atoms with Gasteiger partial charge in [0.2, 0.25) is 0 Å². The van der Waals surface area contributed by atoms with E-state index >= 15 is 0 Å². The van der Waals surface area contributed by atoms with Gasteiger partial charge in [0.05, 0.1) is 0 Å². The molecule has 0 aromatic rings. The zero-order valence-corrected chi connectivity index (χ0v) is 4.12. The Morgan fingerprint density at radius 3 is 2.57 bits per heavy atom. The average molecular weight is 93.1 g/mol. The molecule has 0 aliphatic carbocycles. The van der Waals surface area contributed by atoms with E-state index in [9.17, 15) is 5.11 Å². The van der Waals surface area contributed by atoms with Gasteiger partial charge in [-0.25, -0.2) is 5.11 Å². The molecule has 0 rings (SSSR count). The Hall–Kier alpha value is -0.0400. The van der Waals surface area contributed by atoms with Crippen LogP contribution in [0.4, 0.5) is 0 Å². The molecule has 7 heavy (non-hydrogen) atoms. The summed E-state index contributed by atoms with van der Waals surface area (Å²) in [6.07, 6.45) is 7.83. The first-order valence-electron chi connectivity index (χ1n) is 2.01. The third kappa shape index (κ3) is 5.96. The van der Waals surface area contributed by atoms with Gasteiger partial charge < -0.3 is 0 Å². The van der Waals surface area contributed by atoms with Crippen LogP contribution in [0.3, 0.4) is 0 Å². The number of unbranched alkanes of at least 4 members (excludes halogenated alkanes) is 3. The van der Waals surface area contributed by atoms with Crippen LogP contribution in [0.15, 0.2) is 0 Å². The lowest BCUT2D eigenvalue weighted by atomic mass is 10.2. The highest BCUT2D eigenvalue weighted by atomic mass is 16.2. The minimum atomic E-state index is 0.759. The molecule has 0 aliphatic heterocycles. The van der Waals surface area contributed by atoms with E-state index in [0.717, 1.165) is 6.42 Å². The first-order valence-corrected chi connectivity index (χ1v) is 2.01. The Bertz CT molecular complexity index is 23.4. The molecule has 0 spiro atoms. The lowest BCUT2D eigenvalue weighted by Gasteiger charge is -1.84. The van der Waals surface area contributed by atoms with Gasteiger partial charge in [-0.15, -0.1) is 0 Å². The zero-order valence-electron chi connectivity index (χ0n) is 4.12. The van der Waals surface area contributed by atoms with Gasteiger partial charge in [0.25, 0.3) is 0 Å². The molecule has 1 nitrogen and oxygen atoms in total. The van der Waals surface area contributed by atoms with Crippen molar-refractivity contribution in [1.29, 1.82) is 0 Å². The largest absolute Gasteiger partial charge is 0.222 e. The molecular weight excluding hydrogens is 88.1 g/mol. The van der Waals surface area contributed by atoms with Gasteiger partial charge in [0, 0.05) is 12.8 Å². The van der Waals surface area contributed by atoms with Gasteiger partial charge in [0.1, 0.15) is 0 Å². The van der Waals surface area contributed by atoms with E-state index in [2.05, 4.69) is 19.3 Å². The fourth-order valence-electron chi connectivity index (χ4n) is 0.158. The Kier molecular flexibility index (Phi) is 5.93. The second-order valence-corrected chi connectivity index (χ2v) is 0.882. The summed E-state index contributed by atoms with van der Waals surface area (Å²) in [5.41, 5.74) is 0. The molecule has 0 fully saturated rings. The van der Waals surface area contributed by atoms with Crippen molar-refractivity contribution in [2.45, 2.75) is 13.3 Å². The zero-order chi connectivity index (χ0) is 5.54. The molecule has 0 aromatic heterocycles. The van der Waals surface area contributed by atoms with E-state index in [-0.39, 0.29) is 0 Å². The molecule has 0 saturated carbocycles. The highest BCUT2D eigenvalue weighted by Gasteiger charge is 1.87. The van der Waals surface area contributed by atoms with E-state index in [1.165, 1.54) is 6.61 Å². The molecule has 0 atom stereocenters. The quantitative estimate of drug-likeness (QED) is 0.464. The maximum atomic E-state index is 9.34. The maximum absolute atomic E-state index is 9.34. The van der Waals surface area contributed by atoms with Crippen molar-refractivity contribution in [3.8, 4) is 0 Å². The van der Waals surface area contributed by atoms with Crippen LogP contribution in [-0.4, -0.2) is 0 Å². The molecule has 0 unspecified atom stereocenters. The summed E-state index contributed by atoms with van der Waals surface area (Å²) in [5.74, 6) is 0. The first kappa shape index (κ1) is 6.96. The highest BCUT2D eigenvalue weighted by molar-refractivity contribution is 4.98. The second-order valence-electron chi connectivity index (χ2n) is 0.882. The summed E-state index contributed by atoms with van der Waals surface area (Å²) < 4.78 is 0. The fraction of sp³-hybridized carbons (Fsp3) is 0.333. The van der Waals surface area contributed by atoms with Gasteiger partial charge in [-0.3, -0.25) is 0 Å². The summed E-state index contributed by atoms with van der Waals surface area (Å²) in [6.45, 7) is 3.33. The van der Waals surface area contributed by atoms with Crippen LogP contribution in [0, 0.1) is 25.9 Å². The molecule has 9 radical (unpaired) electrons. The van der Waals surface area contributed by atoms with E-state index in [1.807, 2.05) is 6.92 Å². The topological polar surface area (TPSA) is 19.9 Å². The molecule has 0 aliphatic rings. The molecule has 1 heteroatoms. The molecule has 0 heterocycles. The van der Waals surface area contributed by atoms with Crippen molar-refractivity contribution in [1.82, 2.24) is 0 Å². The van der Waals surface area contributed by atoms with Crippen LogP contribution < -0.4 is 0 Å².